The van der Waals surface area contributed by atoms with Gasteiger partial charge in [0.15, 0.2) is 0 Å². The van der Waals surface area contributed by atoms with Gasteiger partial charge in [-0.25, -0.2) is 0 Å². The van der Waals surface area contributed by atoms with Gasteiger partial charge in [0.05, 0.1) is 7.11 Å². The SMILES string of the molecule is COc1cccc(C(C)N(C)CCn2cnnc2)c1. The molecule has 2 aromatic rings. The van der Waals surface area contributed by atoms with Crippen LogP contribution in [0.25, 0.3) is 0 Å². The van der Waals surface area contributed by atoms with Crippen molar-refractivity contribution in [2.45, 2.75) is 19.5 Å². The van der Waals surface area contributed by atoms with Crippen LogP contribution >= 0.6 is 0 Å². The normalized spacial score (nSPS) is 12.6. The van der Waals surface area contributed by atoms with Crippen molar-refractivity contribution >= 4 is 0 Å². The summed E-state index contributed by atoms with van der Waals surface area (Å²) in [6, 6.07) is 8.54. The lowest BCUT2D eigenvalue weighted by molar-refractivity contribution is 0.250. The zero-order chi connectivity index (χ0) is 13.7. The fourth-order valence-electron chi connectivity index (χ4n) is 1.96. The van der Waals surface area contributed by atoms with Crippen molar-refractivity contribution in [1.29, 1.82) is 0 Å². The van der Waals surface area contributed by atoms with Crippen molar-refractivity contribution in [3.05, 3.63) is 42.5 Å². The first-order chi connectivity index (χ1) is 9.20. The largest absolute Gasteiger partial charge is 0.497 e. The summed E-state index contributed by atoms with van der Waals surface area (Å²) in [5.74, 6) is 0.900. The Bertz CT molecular complexity index is 498. The molecule has 0 bridgehead atoms. The minimum Gasteiger partial charge on any atom is -0.497 e. The molecular weight excluding hydrogens is 240 g/mol. The molecule has 0 saturated carbocycles. The third-order valence-corrected chi connectivity index (χ3v) is 3.41. The molecule has 0 N–H and O–H groups in total. The van der Waals surface area contributed by atoms with Crippen LogP contribution in [0, 0.1) is 0 Å². The summed E-state index contributed by atoms with van der Waals surface area (Å²) in [5, 5.41) is 7.61. The number of likely N-dealkylation sites (N-methyl/N-ethyl adjacent to an activating group) is 1. The molecule has 0 saturated heterocycles. The average molecular weight is 260 g/mol. The second-order valence-corrected chi connectivity index (χ2v) is 4.63. The van der Waals surface area contributed by atoms with E-state index in [1.54, 1.807) is 19.8 Å². The molecular formula is C14H20N4O. The second kappa shape index (κ2) is 6.33. The summed E-state index contributed by atoms with van der Waals surface area (Å²) >= 11 is 0. The number of aromatic nitrogens is 3. The molecule has 5 heteroatoms. The van der Waals surface area contributed by atoms with Gasteiger partial charge in [0.1, 0.15) is 18.4 Å². The highest BCUT2D eigenvalue weighted by Gasteiger charge is 2.12. The molecule has 0 fully saturated rings. The Labute approximate surface area is 113 Å². The number of hydrogen-bond acceptors (Lipinski definition) is 4. The topological polar surface area (TPSA) is 43.2 Å². The van der Waals surface area contributed by atoms with Gasteiger partial charge in [0.25, 0.3) is 0 Å². The van der Waals surface area contributed by atoms with E-state index in [9.17, 15) is 0 Å². The Morgan fingerprint density at radius 2 is 2.05 bits per heavy atom. The molecule has 1 aromatic heterocycles. The molecule has 1 aromatic carbocycles. The number of hydrogen-bond donors (Lipinski definition) is 0. The van der Waals surface area contributed by atoms with Gasteiger partial charge in [-0.1, -0.05) is 12.1 Å². The standard InChI is InChI=1S/C14H20N4O/c1-12(13-5-4-6-14(9-13)19-3)17(2)7-8-18-10-15-16-11-18/h4-6,9-12H,7-8H2,1-3H3. The zero-order valence-electron chi connectivity index (χ0n) is 11.7. The first-order valence-corrected chi connectivity index (χ1v) is 6.37. The molecule has 5 nitrogen and oxygen atoms in total. The lowest BCUT2D eigenvalue weighted by Gasteiger charge is -2.25. The fourth-order valence-corrected chi connectivity index (χ4v) is 1.96. The van der Waals surface area contributed by atoms with Gasteiger partial charge in [-0.2, -0.15) is 0 Å². The van der Waals surface area contributed by atoms with Gasteiger partial charge in [-0.05, 0) is 31.7 Å². The van der Waals surface area contributed by atoms with E-state index in [2.05, 4.69) is 41.2 Å². The summed E-state index contributed by atoms with van der Waals surface area (Å²) in [6.07, 6.45) is 3.48. The van der Waals surface area contributed by atoms with Crippen LogP contribution in [0.5, 0.6) is 5.75 Å². The van der Waals surface area contributed by atoms with Crippen molar-refractivity contribution in [3.8, 4) is 5.75 Å². The number of ether oxygens (including phenoxy) is 1. The molecule has 1 unspecified atom stereocenters. The summed E-state index contributed by atoms with van der Waals surface area (Å²) < 4.78 is 7.25. The molecule has 0 spiro atoms. The predicted octanol–water partition coefficient (Wildman–Crippen LogP) is 1.98. The van der Waals surface area contributed by atoms with Gasteiger partial charge in [0.2, 0.25) is 0 Å². The first-order valence-electron chi connectivity index (χ1n) is 6.37. The lowest BCUT2D eigenvalue weighted by atomic mass is 10.1. The monoisotopic (exact) mass is 260 g/mol. The molecule has 0 aliphatic carbocycles. The third kappa shape index (κ3) is 3.54. The van der Waals surface area contributed by atoms with Crippen molar-refractivity contribution in [2.24, 2.45) is 0 Å². The van der Waals surface area contributed by atoms with E-state index >= 15 is 0 Å². The number of methoxy groups -OCH3 is 1. The quantitative estimate of drug-likeness (QED) is 0.796. The third-order valence-electron chi connectivity index (χ3n) is 3.41. The van der Waals surface area contributed by atoms with E-state index in [0.717, 1.165) is 18.8 Å². The Morgan fingerprint density at radius 1 is 1.32 bits per heavy atom. The number of nitrogens with zero attached hydrogens (tertiary/aromatic N) is 4. The molecule has 0 aliphatic heterocycles. The van der Waals surface area contributed by atoms with Crippen LogP contribution in [0.3, 0.4) is 0 Å². The van der Waals surface area contributed by atoms with Crippen LogP contribution in [0.15, 0.2) is 36.9 Å². The maximum Gasteiger partial charge on any atom is 0.119 e. The summed E-state index contributed by atoms with van der Waals surface area (Å²) in [4.78, 5) is 2.30. The summed E-state index contributed by atoms with van der Waals surface area (Å²) in [6.45, 7) is 4.02. The second-order valence-electron chi connectivity index (χ2n) is 4.63. The van der Waals surface area contributed by atoms with E-state index in [0.29, 0.717) is 6.04 Å². The maximum absolute atomic E-state index is 5.26. The average Bonchev–Trinajstić information content (AvgIpc) is 2.97. The lowest BCUT2D eigenvalue weighted by Crippen LogP contribution is -2.26. The maximum atomic E-state index is 5.26. The van der Waals surface area contributed by atoms with Crippen LogP contribution in [0.2, 0.25) is 0 Å². The fraction of sp³-hybridized carbons (Fsp3) is 0.429. The molecule has 2 rings (SSSR count). The van der Waals surface area contributed by atoms with Crippen molar-refractivity contribution in [1.82, 2.24) is 19.7 Å². The van der Waals surface area contributed by atoms with Gasteiger partial charge in [0, 0.05) is 19.1 Å². The molecule has 0 aliphatic rings. The van der Waals surface area contributed by atoms with E-state index in [4.69, 9.17) is 4.74 Å². The molecule has 1 atom stereocenters. The van der Waals surface area contributed by atoms with Crippen LogP contribution in [-0.4, -0.2) is 40.4 Å². The van der Waals surface area contributed by atoms with Gasteiger partial charge >= 0.3 is 0 Å². The zero-order valence-corrected chi connectivity index (χ0v) is 11.7. The van der Waals surface area contributed by atoms with Crippen LogP contribution in [-0.2, 0) is 6.54 Å². The van der Waals surface area contributed by atoms with Gasteiger partial charge < -0.3 is 9.30 Å². The van der Waals surface area contributed by atoms with Crippen molar-refractivity contribution in [3.63, 3.8) is 0 Å². The number of rotatable bonds is 6. The Hall–Kier alpha value is -1.88. The van der Waals surface area contributed by atoms with E-state index in [-0.39, 0.29) is 0 Å². The first kappa shape index (κ1) is 13.5. The molecule has 0 radical (unpaired) electrons. The van der Waals surface area contributed by atoms with Crippen molar-refractivity contribution in [2.75, 3.05) is 20.7 Å². The highest BCUT2D eigenvalue weighted by atomic mass is 16.5. The summed E-state index contributed by atoms with van der Waals surface area (Å²) in [7, 11) is 3.81. The van der Waals surface area contributed by atoms with Crippen LogP contribution in [0.1, 0.15) is 18.5 Å². The molecule has 0 amide bonds. The van der Waals surface area contributed by atoms with Crippen LogP contribution < -0.4 is 4.74 Å². The van der Waals surface area contributed by atoms with E-state index < -0.39 is 0 Å². The molecule has 19 heavy (non-hydrogen) atoms. The van der Waals surface area contributed by atoms with Gasteiger partial charge in [-0.3, -0.25) is 4.90 Å². The highest BCUT2D eigenvalue weighted by molar-refractivity contribution is 5.30. The van der Waals surface area contributed by atoms with E-state index in [1.165, 1.54) is 5.56 Å². The van der Waals surface area contributed by atoms with Crippen molar-refractivity contribution < 1.29 is 4.74 Å². The van der Waals surface area contributed by atoms with Gasteiger partial charge in [-0.15, -0.1) is 10.2 Å². The smallest absolute Gasteiger partial charge is 0.119 e. The van der Waals surface area contributed by atoms with Crippen LogP contribution in [0.4, 0.5) is 0 Å². The minimum absolute atomic E-state index is 0.339. The molecule has 1 heterocycles. The number of benzene rings is 1. The Kier molecular flexibility index (Phi) is 4.52. The molecule has 102 valence electrons. The minimum atomic E-state index is 0.339. The summed E-state index contributed by atoms with van der Waals surface area (Å²) in [5.41, 5.74) is 1.26. The Balaban J connectivity index is 1.95. The van der Waals surface area contributed by atoms with E-state index in [1.807, 2.05) is 16.7 Å². The Morgan fingerprint density at radius 3 is 2.74 bits per heavy atom. The highest BCUT2D eigenvalue weighted by Crippen LogP contribution is 2.22. The predicted molar refractivity (Wildman–Crippen MR) is 74.1 cm³/mol.